The van der Waals surface area contributed by atoms with Crippen LogP contribution in [0.3, 0.4) is 0 Å². The van der Waals surface area contributed by atoms with Crippen LogP contribution in [0.25, 0.3) is 0 Å². The van der Waals surface area contributed by atoms with Crippen LogP contribution < -0.4 is 11.4 Å². The minimum Gasteiger partial charge on any atom is -0.477 e. The molecule has 3 N–H and O–H groups in total. The summed E-state index contributed by atoms with van der Waals surface area (Å²) in [6, 6.07) is 1.09. The van der Waals surface area contributed by atoms with E-state index in [0.717, 1.165) is 12.3 Å². The number of aromatic nitrogens is 2. The summed E-state index contributed by atoms with van der Waals surface area (Å²) >= 11 is 0. The molecule has 58 valence electrons. The van der Waals surface area contributed by atoms with Gasteiger partial charge in [-0.15, -0.1) is 4.79 Å². The van der Waals surface area contributed by atoms with Gasteiger partial charge in [-0.1, -0.05) is 0 Å². The number of hydrogen-bond acceptors (Lipinski definition) is 4. The van der Waals surface area contributed by atoms with Crippen LogP contribution in [0.15, 0.2) is 17.1 Å². The van der Waals surface area contributed by atoms with E-state index in [4.69, 9.17) is 10.9 Å². The molecule has 0 radical (unpaired) electrons. The molecule has 0 amide bonds. The fraction of sp³-hybridized carbons (Fsp3) is 0. The summed E-state index contributed by atoms with van der Waals surface area (Å²) in [4.78, 5) is 21.6. The maximum atomic E-state index is 10.8. The molecule has 0 bridgehead atoms. The molecule has 6 heteroatoms. The summed E-state index contributed by atoms with van der Waals surface area (Å²) < 4.78 is 0. The minimum atomic E-state index is -1.31. The number of nitrogens with zero attached hydrogens (tertiary/aromatic N) is 2. The molecule has 1 rings (SSSR count). The van der Waals surface area contributed by atoms with Gasteiger partial charge in [-0.05, 0) is 6.07 Å². The van der Waals surface area contributed by atoms with Gasteiger partial charge in [0.05, 0.1) is 6.20 Å². The van der Waals surface area contributed by atoms with Gasteiger partial charge in [0, 0.05) is 0 Å². The lowest BCUT2D eigenvalue weighted by molar-refractivity contribution is 0.0694. The zero-order chi connectivity index (χ0) is 8.43. The molecule has 1 aromatic heterocycles. The van der Waals surface area contributed by atoms with E-state index >= 15 is 0 Å². The standard InChI is InChI=1S/C5H5N3O3/c6-8-4(9)3(5(10)11)1-2-7-8/h1-2H,6H2,(H,10,11). The Morgan fingerprint density at radius 3 is 2.82 bits per heavy atom. The fourth-order valence-electron chi connectivity index (χ4n) is 0.590. The molecule has 0 fully saturated rings. The van der Waals surface area contributed by atoms with E-state index in [-0.39, 0.29) is 5.56 Å². The second-order valence-corrected chi connectivity index (χ2v) is 1.80. The number of hydrogen-bond donors (Lipinski definition) is 2. The van der Waals surface area contributed by atoms with Crippen LogP contribution in [-0.4, -0.2) is 21.0 Å². The van der Waals surface area contributed by atoms with Crippen LogP contribution in [0.1, 0.15) is 10.4 Å². The first-order valence-corrected chi connectivity index (χ1v) is 2.69. The van der Waals surface area contributed by atoms with Crippen LogP contribution in [0.2, 0.25) is 0 Å². The third-order valence-electron chi connectivity index (χ3n) is 1.10. The molecule has 0 aliphatic rings. The molecule has 1 heterocycles. The van der Waals surface area contributed by atoms with E-state index in [1.165, 1.54) is 0 Å². The van der Waals surface area contributed by atoms with E-state index in [1.54, 1.807) is 0 Å². The normalized spacial score (nSPS) is 9.45. The number of carboxylic acids is 1. The summed E-state index contributed by atoms with van der Waals surface area (Å²) in [5.41, 5.74) is -1.21. The molecule has 0 aliphatic carbocycles. The average molecular weight is 155 g/mol. The Morgan fingerprint density at radius 2 is 2.36 bits per heavy atom. The largest absolute Gasteiger partial charge is 0.477 e. The quantitative estimate of drug-likeness (QED) is 0.489. The molecule has 0 aromatic carbocycles. The van der Waals surface area contributed by atoms with E-state index in [9.17, 15) is 9.59 Å². The number of aromatic carboxylic acids is 1. The second-order valence-electron chi connectivity index (χ2n) is 1.80. The average Bonchev–Trinajstić information content (AvgIpc) is 1.94. The lowest BCUT2D eigenvalue weighted by Crippen LogP contribution is -2.33. The van der Waals surface area contributed by atoms with E-state index in [1.807, 2.05) is 0 Å². The van der Waals surface area contributed by atoms with E-state index < -0.39 is 11.5 Å². The van der Waals surface area contributed by atoms with Gasteiger partial charge >= 0.3 is 5.97 Å². The van der Waals surface area contributed by atoms with Gasteiger partial charge in [-0.2, -0.15) is 5.10 Å². The van der Waals surface area contributed by atoms with Gasteiger partial charge in [0.2, 0.25) is 0 Å². The van der Waals surface area contributed by atoms with Gasteiger partial charge in [-0.3, -0.25) is 4.79 Å². The number of carbonyl (C=O) groups is 1. The molecule has 0 unspecified atom stereocenters. The molecule has 0 saturated heterocycles. The van der Waals surface area contributed by atoms with Crippen LogP contribution >= 0.6 is 0 Å². The third-order valence-corrected chi connectivity index (χ3v) is 1.10. The smallest absolute Gasteiger partial charge is 0.341 e. The number of rotatable bonds is 1. The third kappa shape index (κ3) is 1.18. The highest BCUT2D eigenvalue weighted by atomic mass is 16.4. The maximum Gasteiger partial charge on any atom is 0.341 e. The summed E-state index contributed by atoms with van der Waals surface area (Å²) in [7, 11) is 0. The highest BCUT2D eigenvalue weighted by Crippen LogP contribution is 1.85. The van der Waals surface area contributed by atoms with Crippen LogP contribution in [0.5, 0.6) is 0 Å². The molecule has 0 saturated carbocycles. The first-order chi connectivity index (χ1) is 5.13. The SMILES string of the molecule is Nn1nccc(C(=O)O)c1=O. The minimum absolute atomic E-state index is 0.387. The van der Waals surface area contributed by atoms with Gasteiger partial charge in [0.1, 0.15) is 5.56 Å². The summed E-state index contributed by atoms with van der Waals surface area (Å²) in [6.07, 6.45) is 1.14. The lowest BCUT2D eigenvalue weighted by Gasteiger charge is -1.95. The van der Waals surface area contributed by atoms with Crippen molar-refractivity contribution in [1.29, 1.82) is 0 Å². The Labute approximate surface area is 60.8 Å². The summed E-state index contributed by atoms with van der Waals surface area (Å²) in [5, 5.41) is 11.7. The predicted molar refractivity (Wildman–Crippen MR) is 35.6 cm³/mol. The van der Waals surface area contributed by atoms with Crippen molar-refractivity contribution in [1.82, 2.24) is 9.89 Å². The number of nitrogens with two attached hydrogens (primary N) is 1. The molecule has 0 spiro atoms. The molecule has 1 aromatic rings. The monoisotopic (exact) mass is 155 g/mol. The maximum absolute atomic E-state index is 10.8. The highest BCUT2D eigenvalue weighted by molar-refractivity contribution is 5.86. The fourth-order valence-corrected chi connectivity index (χ4v) is 0.590. The molecule has 11 heavy (non-hydrogen) atoms. The highest BCUT2D eigenvalue weighted by Gasteiger charge is 2.08. The molecule has 6 nitrogen and oxygen atoms in total. The Morgan fingerprint density at radius 1 is 1.73 bits per heavy atom. The van der Waals surface area contributed by atoms with Crippen LogP contribution in [0.4, 0.5) is 0 Å². The molecular weight excluding hydrogens is 150 g/mol. The van der Waals surface area contributed by atoms with Gasteiger partial charge in [0.15, 0.2) is 0 Å². The van der Waals surface area contributed by atoms with Crippen LogP contribution in [0, 0.1) is 0 Å². The van der Waals surface area contributed by atoms with Gasteiger partial charge < -0.3 is 10.9 Å². The number of nitrogen functional groups attached to an aromatic ring is 1. The number of carboxylic acid groups (broad SMARTS) is 1. The van der Waals surface area contributed by atoms with Crippen molar-refractivity contribution in [3.8, 4) is 0 Å². The topological polar surface area (TPSA) is 98.2 Å². The van der Waals surface area contributed by atoms with Crippen molar-refractivity contribution in [2.24, 2.45) is 0 Å². The first-order valence-electron chi connectivity index (χ1n) is 2.69. The van der Waals surface area contributed by atoms with Crippen molar-refractivity contribution >= 4 is 5.97 Å². The van der Waals surface area contributed by atoms with Crippen molar-refractivity contribution in [3.05, 3.63) is 28.2 Å². The Bertz CT molecular complexity index is 343. The molecular formula is C5H5N3O3. The van der Waals surface area contributed by atoms with Crippen molar-refractivity contribution in [2.45, 2.75) is 0 Å². The Hall–Kier alpha value is -1.85. The molecule has 0 aliphatic heterocycles. The zero-order valence-electron chi connectivity index (χ0n) is 5.39. The predicted octanol–water partition coefficient (Wildman–Crippen LogP) is -1.34. The summed E-state index contributed by atoms with van der Waals surface area (Å²) in [5.74, 6) is 3.68. The second kappa shape index (κ2) is 2.41. The van der Waals surface area contributed by atoms with Crippen molar-refractivity contribution < 1.29 is 9.90 Å². The van der Waals surface area contributed by atoms with Crippen LogP contribution in [-0.2, 0) is 0 Å². The van der Waals surface area contributed by atoms with Gasteiger partial charge in [-0.25, -0.2) is 4.79 Å². The van der Waals surface area contributed by atoms with Gasteiger partial charge in [0.25, 0.3) is 5.56 Å². The van der Waals surface area contributed by atoms with E-state index in [0.29, 0.717) is 4.79 Å². The Kier molecular flexibility index (Phi) is 1.59. The molecule has 0 atom stereocenters. The van der Waals surface area contributed by atoms with E-state index in [2.05, 4.69) is 5.10 Å². The van der Waals surface area contributed by atoms with Crippen molar-refractivity contribution in [3.63, 3.8) is 0 Å². The first kappa shape index (κ1) is 7.26. The Balaban J connectivity index is 3.40. The lowest BCUT2D eigenvalue weighted by atomic mass is 10.3. The summed E-state index contributed by atoms with van der Waals surface area (Å²) in [6.45, 7) is 0. The zero-order valence-corrected chi connectivity index (χ0v) is 5.39. The van der Waals surface area contributed by atoms with Crippen molar-refractivity contribution in [2.75, 3.05) is 5.84 Å².